The molecule has 0 aliphatic rings. The molecule has 0 aromatic heterocycles. The third-order valence-corrected chi connectivity index (χ3v) is 3.07. The van der Waals surface area contributed by atoms with Gasteiger partial charge in [0, 0.05) is 12.1 Å². The third-order valence-electron chi connectivity index (χ3n) is 3.07. The zero-order valence-corrected chi connectivity index (χ0v) is 10.7. The summed E-state index contributed by atoms with van der Waals surface area (Å²) in [5, 5.41) is 12.2. The lowest BCUT2D eigenvalue weighted by atomic mass is 9.92. The molecular weight excluding hydrogens is 254 g/mol. The lowest BCUT2D eigenvalue weighted by Gasteiger charge is -2.30. The summed E-state index contributed by atoms with van der Waals surface area (Å²) in [6, 6.07) is 0. The van der Waals surface area contributed by atoms with E-state index in [0.717, 1.165) is 0 Å². The van der Waals surface area contributed by atoms with E-state index < -0.39 is 24.5 Å². The number of rotatable bonds is 10. The van der Waals surface area contributed by atoms with Crippen molar-refractivity contribution in [3.8, 4) is 0 Å². The van der Waals surface area contributed by atoms with Crippen molar-refractivity contribution in [2.45, 2.75) is 44.1 Å². The summed E-state index contributed by atoms with van der Waals surface area (Å²) in [4.78, 5) is 0. The molecule has 0 rings (SSSR count). The lowest BCUT2D eigenvalue weighted by molar-refractivity contribution is -0.166. The molecule has 0 bridgehead atoms. The second-order valence-electron chi connectivity index (χ2n) is 4.26. The number of aliphatic hydroxyl groups excluding tert-OH is 1. The molecule has 0 amide bonds. The maximum absolute atomic E-state index is 12.5. The topological polar surface area (TPSA) is 41.5 Å². The van der Waals surface area contributed by atoms with E-state index in [1.807, 2.05) is 6.92 Å². The van der Waals surface area contributed by atoms with Crippen LogP contribution in [-0.2, 0) is 4.74 Å². The molecule has 0 aliphatic heterocycles. The Morgan fingerprint density at radius 1 is 1.33 bits per heavy atom. The summed E-state index contributed by atoms with van der Waals surface area (Å²) in [5.41, 5.74) is -0.464. The molecule has 0 spiro atoms. The number of likely N-dealkylation sites (N-methyl/N-ethyl adjacent to an activating group) is 1. The smallest absolute Gasteiger partial charge is 0.330 e. The van der Waals surface area contributed by atoms with Gasteiger partial charge in [-0.05, 0) is 26.3 Å². The third kappa shape index (κ3) is 5.49. The van der Waals surface area contributed by atoms with Gasteiger partial charge in [0.25, 0.3) is 0 Å². The molecule has 3 nitrogen and oxygen atoms in total. The molecule has 0 aromatic carbocycles. The molecule has 0 radical (unpaired) electrons. The van der Waals surface area contributed by atoms with Gasteiger partial charge in [-0.25, -0.2) is 8.78 Å². The molecule has 0 heterocycles. The molecule has 1 atom stereocenters. The average molecular weight is 275 g/mol. The predicted molar refractivity (Wildman–Crippen MR) is 60.2 cm³/mol. The van der Waals surface area contributed by atoms with Gasteiger partial charge < -0.3 is 15.2 Å². The van der Waals surface area contributed by atoms with Crippen LogP contribution in [0.5, 0.6) is 0 Å². The minimum atomic E-state index is -4.10. The summed E-state index contributed by atoms with van der Waals surface area (Å²) in [5.74, 6) is -4.10. The second kappa shape index (κ2) is 7.91. The minimum absolute atomic E-state index is 0.0360. The summed E-state index contributed by atoms with van der Waals surface area (Å²) >= 11 is 0. The van der Waals surface area contributed by atoms with Gasteiger partial charge in [-0.2, -0.15) is 8.78 Å². The highest BCUT2D eigenvalue weighted by molar-refractivity contribution is 4.84. The number of hydrogen-bond acceptors (Lipinski definition) is 3. The number of hydrogen-bond donors (Lipinski definition) is 2. The van der Waals surface area contributed by atoms with Crippen LogP contribution >= 0.6 is 0 Å². The van der Waals surface area contributed by atoms with E-state index in [1.54, 1.807) is 7.05 Å². The molecule has 0 aromatic rings. The number of nitrogens with one attached hydrogen (secondary N) is 1. The van der Waals surface area contributed by atoms with Crippen LogP contribution in [0.15, 0.2) is 0 Å². The predicted octanol–water partition coefficient (Wildman–Crippen LogP) is 2.04. The van der Waals surface area contributed by atoms with Crippen molar-refractivity contribution < 1.29 is 27.4 Å². The fourth-order valence-electron chi connectivity index (χ4n) is 1.53. The Labute approximate surface area is 105 Å². The van der Waals surface area contributed by atoms with Crippen LogP contribution in [0.25, 0.3) is 0 Å². The molecular formula is C11H21F4NO2. The number of alkyl halides is 4. The summed E-state index contributed by atoms with van der Waals surface area (Å²) in [7, 11) is 1.70. The van der Waals surface area contributed by atoms with Crippen molar-refractivity contribution >= 4 is 0 Å². The molecule has 0 saturated carbocycles. The Morgan fingerprint density at radius 2 is 1.94 bits per heavy atom. The van der Waals surface area contributed by atoms with Crippen LogP contribution < -0.4 is 5.32 Å². The summed E-state index contributed by atoms with van der Waals surface area (Å²) in [6.07, 6.45) is -2.10. The van der Waals surface area contributed by atoms with Gasteiger partial charge >= 0.3 is 12.3 Å². The van der Waals surface area contributed by atoms with Gasteiger partial charge in [-0.15, -0.1) is 0 Å². The molecule has 1 unspecified atom stereocenters. The number of halogens is 4. The van der Waals surface area contributed by atoms with Crippen molar-refractivity contribution in [2.75, 3.05) is 26.9 Å². The molecule has 0 saturated heterocycles. The van der Waals surface area contributed by atoms with E-state index in [4.69, 9.17) is 0 Å². The first-order chi connectivity index (χ1) is 8.33. The van der Waals surface area contributed by atoms with Crippen molar-refractivity contribution in [1.29, 1.82) is 0 Å². The zero-order valence-electron chi connectivity index (χ0n) is 10.7. The highest BCUT2D eigenvalue weighted by Crippen LogP contribution is 2.23. The monoisotopic (exact) mass is 275 g/mol. The lowest BCUT2D eigenvalue weighted by Crippen LogP contribution is -2.46. The molecule has 110 valence electrons. The van der Waals surface area contributed by atoms with E-state index in [9.17, 15) is 22.7 Å². The largest absolute Gasteiger partial charge is 0.394 e. The van der Waals surface area contributed by atoms with Crippen LogP contribution in [0.3, 0.4) is 0 Å². The van der Waals surface area contributed by atoms with Crippen molar-refractivity contribution in [2.24, 2.45) is 0 Å². The van der Waals surface area contributed by atoms with Crippen molar-refractivity contribution in [3.63, 3.8) is 0 Å². The van der Waals surface area contributed by atoms with Crippen molar-refractivity contribution in [3.05, 3.63) is 0 Å². The van der Waals surface area contributed by atoms with Gasteiger partial charge in [0.15, 0.2) is 0 Å². The minimum Gasteiger partial charge on any atom is -0.394 e. The van der Waals surface area contributed by atoms with E-state index in [0.29, 0.717) is 19.3 Å². The van der Waals surface area contributed by atoms with Gasteiger partial charge in [0.05, 0.1) is 6.61 Å². The standard InChI is InChI=1S/C11H21F4NO2/c1-3-10(7-17,16-2)5-4-6-18-8-11(14,15)9(12)13/h9,16-17H,3-8H2,1-2H3. The first-order valence-corrected chi connectivity index (χ1v) is 5.87. The Bertz CT molecular complexity index is 215. The second-order valence-corrected chi connectivity index (χ2v) is 4.26. The van der Waals surface area contributed by atoms with Crippen LogP contribution in [-0.4, -0.2) is 49.9 Å². The van der Waals surface area contributed by atoms with Crippen LogP contribution in [0, 0.1) is 0 Å². The normalized spacial score (nSPS) is 16.0. The van der Waals surface area contributed by atoms with Gasteiger partial charge in [-0.3, -0.25) is 0 Å². The highest BCUT2D eigenvalue weighted by atomic mass is 19.3. The fraction of sp³-hybridized carbons (Fsp3) is 1.00. The summed E-state index contributed by atoms with van der Waals surface area (Å²) < 4.78 is 53.1. The molecule has 2 N–H and O–H groups in total. The van der Waals surface area contributed by atoms with Gasteiger partial charge in [0.2, 0.25) is 0 Å². The van der Waals surface area contributed by atoms with Crippen LogP contribution in [0.4, 0.5) is 17.6 Å². The van der Waals surface area contributed by atoms with E-state index in [2.05, 4.69) is 10.1 Å². The van der Waals surface area contributed by atoms with Crippen molar-refractivity contribution in [1.82, 2.24) is 5.32 Å². The Kier molecular flexibility index (Phi) is 7.73. The molecule has 0 aliphatic carbocycles. The first-order valence-electron chi connectivity index (χ1n) is 5.87. The summed E-state index contributed by atoms with van der Waals surface area (Å²) in [6.45, 7) is 0.500. The highest BCUT2D eigenvalue weighted by Gasteiger charge is 2.40. The van der Waals surface area contributed by atoms with Crippen LogP contribution in [0.1, 0.15) is 26.2 Å². The zero-order chi connectivity index (χ0) is 14.2. The Hall–Kier alpha value is -0.400. The average Bonchev–Trinajstić information content (AvgIpc) is 2.34. The SMILES string of the molecule is CCC(CO)(CCCOCC(F)(F)C(F)F)NC. The van der Waals surface area contributed by atoms with Gasteiger partial charge in [-0.1, -0.05) is 6.92 Å². The number of aliphatic hydroxyl groups is 1. The van der Waals surface area contributed by atoms with Gasteiger partial charge in [0.1, 0.15) is 6.61 Å². The molecule has 0 fully saturated rings. The first kappa shape index (κ1) is 17.6. The Morgan fingerprint density at radius 3 is 2.33 bits per heavy atom. The number of ether oxygens (including phenoxy) is 1. The quantitative estimate of drug-likeness (QED) is 0.473. The van der Waals surface area contributed by atoms with E-state index in [-0.39, 0.29) is 13.2 Å². The molecule has 18 heavy (non-hydrogen) atoms. The maximum Gasteiger partial charge on any atom is 0.330 e. The van der Waals surface area contributed by atoms with E-state index in [1.165, 1.54) is 0 Å². The van der Waals surface area contributed by atoms with Crippen LogP contribution in [0.2, 0.25) is 0 Å². The molecule has 7 heteroatoms. The van der Waals surface area contributed by atoms with E-state index >= 15 is 0 Å². The maximum atomic E-state index is 12.5. The fourth-order valence-corrected chi connectivity index (χ4v) is 1.53. The Balaban J connectivity index is 3.87.